The summed E-state index contributed by atoms with van der Waals surface area (Å²) in [5, 5.41) is 42.0. The van der Waals surface area contributed by atoms with E-state index in [4.69, 9.17) is 30.3 Å². The molecule has 0 fully saturated rings. The molecule has 0 amide bonds. The maximum atomic E-state index is 11.4. The Kier molecular flexibility index (Phi) is 47.8. The van der Waals surface area contributed by atoms with Crippen LogP contribution in [0.4, 0.5) is 0 Å². The highest BCUT2D eigenvalue weighted by atomic mass is 16.5. The molecule has 0 saturated carbocycles. The number of esters is 1. The zero-order valence-electron chi connectivity index (χ0n) is 32.9. The van der Waals surface area contributed by atoms with E-state index in [9.17, 15) is 19.2 Å². The van der Waals surface area contributed by atoms with E-state index >= 15 is 0 Å². The molecule has 304 valence electrons. The number of aliphatic hydroxyl groups is 2. The van der Waals surface area contributed by atoms with Crippen LogP contribution in [0.25, 0.3) is 0 Å². The van der Waals surface area contributed by atoms with E-state index in [0.29, 0.717) is 12.8 Å². The van der Waals surface area contributed by atoms with Crippen molar-refractivity contribution >= 4 is 23.9 Å². The van der Waals surface area contributed by atoms with Crippen LogP contribution in [-0.2, 0) is 23.9 Å². The van der Waals surface area contributed by atoms with Crippen molar-refractivity contribution in [1.29, 1.82) is 0 Å². The van der Waals surface area contributed by atoms with Gasteiger partial charge in [0, 0.05) is 12.8 Å². The van der Waals surface area contributed by atoms with E-state index < -0.39 is 24.0 Å². The topological polar surface area (TPSA) is 179 Å². The molecule has 0 bridgehead atoms. The lowest BCUT2D eigenvalue weighted by molar-refractivity contribution is -0.147. The largest absolute Gasteiger partial charge is 0.481 e. The molecule has 0 saturated heterocycles. The van der Waals surface area contributed by atoms with Gasteiger partial charge >= 0.3 is 23.9 Å². The van der Waals surface area contributed by atoms with Gasteiger partial charge in [-0.1, -0.05) is 181 Å². The third-order valence-electron chi connectivity index (χ3n) is 8.68. The van der Waals surface area contributed by atoms with E-state index in [1.807, 2.05) is 0 Å². The number of aliphatic carboxylic acids is 3. The SMILES string of the molecule is CCCCCCCCCCCCCCCC(=O)O.CCCCCCCCCCCCCCCCCC(=O)OCC(O)CO.O=C(O)CCC(=O)O. The average molecular weight is 733 g/mol. The average Bonchev–Trinajstić information content (AvgIpc) is 3.10. The summed E-state index contributed by atoms with van der Waals surface area (Å²) < 4.78 is 4.86. The Morgan fingerprint density at radius 2 is 0.667 bits per heavy atom. The first-order valence-electron chi connectivity index (χ1n) is 20.7. The molecule has 51 heavy (non-hydrogen) atoms. The number of rotatable bonds is 36. The van der Waals surface area contributed by atoms with Crippen LogP contribution in [0.5, 0.6) is 0 Å². The van der Waals surface area contributed by atoms with Crippen LogP contribution >= 0.6 is 0 Å². The Morgan fingerprint density at radius 1 is 0.412 bits per heavy atom. The fourth-order valence-electron chi connectivity index (χ4n) is 5.46. The Hall–Kier alpha value is -2.20. The molecule has 0 aliphatic carbocycles. The summed E-state index contributed by atoms with van der Waals surface area (Å²) in [7, 11) is 0. The normalized spacial score (nSPS) is 11.1. The van der Waals surface area contributed by atoms with Gasteiger partial charge in [-0.05, 0) is 12.8 Å². The van der Waals surface area contributed by atoms with Gasteiger partial charge in [0.05, 0.1) is 19.4 Å². The molecule has 0 rings (SSSR count). The third kappa shape index (κ3) is 57.4. The zero-order chi connectivity index (χ0) is 38.6. The standard InChI is InChI=1S/C21H42O4.C16H32O2.C4H6O4/c1-2-3-4-5-6-7-8-9-10-11-12-13-14-15-16-17-21(24)25-19-20(23)18-22;1-2-3-4-5-6-7-8-9-10-11-12-13-14-15-16(17)18;5-3(6)1-2-4(7)8/h20,22-23H,2-19H2,1H3;2-15H2,1H3,(H,17,18);1-2H2,(H,5,6)(H,7,8). The summed E-state index contributed by atoms with van der Waals surface area (Å²) in [4.78, 5) is 41.0. The fourth-order valence-corrected chi connectivity index (χ4v) is 5.46. The molecular formula is C41H80O10. The summed E-state index contributed by atoms with van der Waals surface area (Å²) in [5.74, 6) is -3.08. The van der Waals surface area contributed by atoms with Crippen LogP contribution in [0.1, 0.15) is 219 Å². The summed E-state index contributed by atoms with van der Waals surface area (Å²) in [6.07, 6.45) is 35.7. The molecule has 0 radical (unpaired) electrons. The molecule has 0 spiro atoms. The van der Waals surface area contributed by atoms with Crippen molar-refractivity contribution in [3.8, 4) is 0 Å². The predicted octanol–water partition coefficient (Wildman–Crippen LogP) is 10.6. The Morgan fingerprint density at radius 3 is 0.922 bits per heavy atom. The smallest absolute Gasteiger partial charge is 0.305 e. The van der Waals surface area contributed by atoms with Gasteiger partial charge < -0.3 is 30.3 Å². The van der Waals surface area contributed by atoms with Crippen molar-refractivity contribution in [3.63, 3.8) is 0 Å². The van der Waals surface area contributed by atoms with Gasteiger partial charge in [0.25, 0.3) is 0 Å². The Balaban J connectivity index is -0.000000768. The first kappa shape index (κ1) is 53.2. The number of hydrogen-bond acceptors (Lipinski definition) is 7. The van der Waals surface area contributed by atoms with Gasteiger partial charge in [-0.15, -0.1) is 0 Å². The highest BCUT2D eigenvalue weighted by Gasteiger charge is 2.07. The number of carboxylic acids is 3. The van der Waals surface area contributed by atoms with Crippen LogP contribution in [0, 0.1) is 0 Å². The first-order chi connectivity index (χ1) is 24.6. The molecular weight excluding hydrogens is 652 g/mol. The monoisotopic (exact) mass is 733 g/mol. The molecule has 10 heteroatoms. The van der Waals surface area contributed by atoms with Crippen LogP contribution < -0.4 is 0 Å². The second kappa shape index (κ2) is 45.8. The lowest BCUT2D eigenvalue weighted by atomic mass is 10.0. The fraction of sp³-hybridized carbons (Fsp3) is 0.902. The molecule has 10 nitrogen and oxygen atoms in total. The molecule has 1 atom stereocenters. The zero-order valence-corrected chi connectivity index (χ0v) is 32.9. The second-order valence-electron chi connectivity index (χ2n) is 13.9. The van der Waals surface area contributed by atoms with Crippen molar-refractivity contribution in [2.45, 2.75) is 225 Å². The van der Waals surface area contributed by atoms with E-state index in [-0.39, 0.29) is 32.0 Å². The maximum absolute atomic E-state index is 11.4. The van der Waals surface area contributed by atoms with E-state index in [2.05, 4.69) is 13.8 Å². The third-order valence-corrected chi connectivity index (χ3v) is 8.68. The lowest BCUT2D eigenvalue weighted by Gasteiger charge is -2.08. The minimum atomic E-state index is -1.08. The van der Waals surface area contributed by atoms with Gasteiger partial charge in [-0.3, -0.25) is 19.2 Å². The number of ether oxygens (including phenoxy) is 1. The van der Waals surface area contributed by atoms with E-state index in [0.717, 1.165) is 25.7 Å². The van der Waals surface area contributed by atoms with Crippen molar-refractivity contribution in [3.05, 3.63) is 0 Å². The number of carbonyl (C=O) groups excluding carboxylic acids is 1. The number of unbranched alkanes of at least 4 members (excludes halogenated alkanes) is 26. The molecule has 0 heterocycles. The van der Waals surface area contributed by atoms with Crippen LogP contribution in [-0.4, -0.2) is 68.7 Å². The molecule has 0 aromatic rings. The first-order valence-corrected chi connectivity index (χ1v) is 20.7. The minimum absolute atomic E-state index is 0.103. The highest BCUT2D eigenvalue weighted by Crippen LogP contribution is 2.15. The quantitative estimate of drug-likeness (QED) is 0.0307. The van der Waals surface area contributed by atoms with Crippen molar-refractivity contribution < 1.29 is 49.4 Å². The van der Waals surface area contributed by atoms with Crippen molar-refractivity contribution in [2.24, 2.45) is 0 Å². The van der Waals surface area contributed by atoms with Crippen LogP contribution in [0.3, 0.4) is 0 Å². The summed E-state index contributed by atoms with van der Waals surface area (Å²) in [6.45, 7) is 4.05. The molecule has 5 N–H and O–H groups in total. The summed E-state index contributed by atoms with van der Waals surface area (Å²) in [5.41, 5.74) is 0. The number of hydrogen-bond donors (Lipinski definition) is 5. The summed E-state index contributed by atoms with van der Waals surface area (Å²) >= 11 is 0. The van der Waals surface area contributed by atoms with Crippen molar-refractivity contribution in [2.75, 3.05) is 13.2 Å². The van der Waals surface area contributed by atoms with Crippen LogP contribution in [0.15, 0.2) is 0 Å². The number of carbonyl (C=O) groups is 4. The van der Waals surface area contributed by atoms with Crippen molar-refractivity contribution in [1.82, 2.24) is 0 Å². The van der Waals surface area contributed by atoms with Gasteiger partial charge in [0.2, 0.25) is 0 Å². The van der Waals surface area contributed by atoms with Gasteiger partial charge in [0.15, 0.2) is 0 Å². The van der Waals surface area contributed by atoms with Gasteiger partial charge in [0.1, 0.15) is 12.7 Å². The highest BCUT2D eigenvalue weighted by molar-refractivity contribution is 5.75. The van der Waals surface area contributed by atoms with E-state index in [1.165, 1.54) is 154 Å². The van der Waals surface area contributed by atoms with Gasteiger partial charge in [-0.2, -0.15) is 0 Å². The molecule has 0 aromatic carbocycles. The van der Waals surface area contributed by atoms with Gasteiger partial charge in [-0.25, -0.2) is 0 Å². The minimum Gasteiger partial charge on any atom is -0.481 e. The maximum Gasteiger partial charge on any atom is 0.305 e. The number of aliphatic hydroxyl groups excluding tert-OH is 2. The number of carboxylic acid groups (broad SMARTS) is 3. The van der Waals surface area contributed by atoms with E-state index in [1.54, 1.807) is 0 Å². The molecule has 0 aliphatic rings. The lowest BCUT2D eigenvalue weighted by Crippen LogP contribution is -2.21. The predicted molar refractivity (Wildman–Crippen MR) is 206 cm³/mol. The molecule has 0 aliphatic heterocycles. The summed E-state index contributed by atoms with van der Waals surface area (Å²) in [6, 6.07) is 0. The molecule has 1 unspecified atom stereocenters. The molecule has 0 aromatic heterocycles. The van der Waals surface area contributed by atoms with Crippen LogP contribution in [0.2, 0.25) is 0 Å². The second-order valence-corrected chi connectivity index (χ2v) is 13.9. The Labute approximate surface area is 311 Å². The Bertz CT molecular complexity index is 745.